The monoisotopic (exact) mass is 474 g/mol. The van der Waals surface area contributed by atoms with Crippen LogP contribution >= 0.6 is 23.2 Å². The molecule has 2 aliphatic heterocycles. The maximum Gasteiger partial charge on any atom is 0.256 e. The summed E-state index contributed by atoms with van der Waals surface area (Å²) in [4.78, 5) is 25.8. The van der Waals surface area contributed by atoms with Gasteiger partial charge in [-0.1, -0.05) is 29.3 Å². The molecule has 9 nitrogen and oxygen atoms in total. The quantitative estimate of drug-likeness (QED) is 0.586. The summed E-state index contributed by atoms with van der Waals surface area (Å²) in [6.45, 7) is 4.23. The van der Waals surface area contributed by atoms with Crippen LogP contribution < -0.4 is 15.5 Å². The van der Waals surface area contributed by atoms with Crippen molar-refractivity contribution in [2.24, 2.45) is 0 Å². The van der Waals surface area contributed by atoms with Gasteiger partial charge in [-0.15, -0.1) is 0 Å². The van der Waals surface area contributed by atoms with Gasteiger partial charge in [0.1, 0.15) is 18.0 Å². The van der Waals surface area contributed by atoms with Crippen LogP contribution in [0.5, 0.6) is 0 Å². The Kier molecular flexibility index (Phi) is 6.03. The molecule has 1 aromatic carbocycles. The molecule has 0 radical (unpaired) electrons. The van der Waals surface area contributed by atoms with Crippen molar-refractivity contribution in [1.29, 1.82) is 0 Å². The highest BCUT2D eigenvalue weighted by atomic mass is 35.5. The van der Waals surface area contributed by atoms with Crippen LogP contribution in [0, 0.1) is 0 Å². The Balaban J connectivity index is 1.30. The third-order valence-corrected chi connectivity index (χ3v) is 6.57. The third-order valence-electron chi connectivity index (χ3n) is 5.99. The first-order chi connectivity index (χ1) is 15.6. The van der Waals surface area contributed by atoms with Gasteiger partial charge in [0.25, 0.3) is 5.78 Å². The number of hydrogen-bond acceptors (Lipinski definition) is 7. The minimum absolute atomic E-state index is 0.0255. The van der Waals surface area contributed by atoms with Gasteiger partial charge < -0.3 is 20.4 Å². The average molecular weight is 475 g/mol. The molecule has 4 heterocycles. The summed E-state index contributed by atoms with van der Waals surface area (Å²) in [5.74, 6) is 2.30. The highest BCUT2D eigenvalue weighted by Gasteiger charge is 2.29. The van der Waals surface area contributed by atoms with E-state index in [0.717, 1.165) is 49.7 Å². The Hall–Kier alpha value is -2.62. The molecule has 5 rings (SSSR count). The van der Waals surface area contributed by atoms with E-state index in [0.29, 0.717) is 35.5 Å². The largest absolute Gasteiger partial charge is 0.366 e. The van der Waals surface area contributed by atoms with Gasteiger partial charge >= 0.3 is 0 Å². The van der Waals surface area contributed by atoms with E-state index in [1.54, 1.807) is 10.6 Å². The number of hydrogen-bond donors (Lipinski definition) is 2. The van der Waals surface area contributed by atoms with Crippen LogP contribution in [0.1, 0.15) is 18.4 Å². The van der Waals surface area contributed by atoms with E-state index >= 15 is 0 Å². The second kappa shape index (κ2) is 9.09. The Morgan fingerprint density at radius 1 is 1.19 bits per heavy atom. The highest BCUT2D eigenvalue weighted by molar-refractivity contribution is 6.35. The second-order valence-corrected chi connectivity index (χ2v) is 8.87. The number of benzene rings is 1. The number of carbonyl (C=O) groups is 1. The fourth-order valence-electron chi connectivity index (χ4n) is 4.21. The molecule has 1 unspecified atom stereocenters. The van der Waals surface area contributed by atoms with Crippen molar-refractivity contribution >= 4 is 46.5 Å². The summed E-state index contributed by atoms with van der Waals surface area (Å²) >= 11 is 12.3. The number of carbonyl (C=O) groups excluding carboxylic acids is 1. The summed E-state index contributed by atoms with van der Waals surface area (Å²) < 4.78 is 1.67. The molecule has 11 heteroatoms. The highest BCUT2D eigenvalue weighted by Crippen LogP contribution is 2.24. The maximum atomic E-state index is 12.7. The number of aromatic nitrogens is 4. The maximum absolute atomic E-state index is 12.7. The Bertz CT molecular complexity index is 1120. The molecule has 0 spiro atoms. The van der Waals surface area contributed by atoms with E-state index in [4.69, 9.17) is 23.2 Å². The first-order valence-corrected chi connectivity index (χ1v) is 11.5. The topological polar surface area (TPSA) is 90.7 Å². The van der Waals surface area contributed by atoms with Gasteiger partial charge in [-0.2, -0.15) is 19.6 Å². The molecular weight excluding hydrogens is 451 g/mol. The van der Waals surface area contributed by atoms with Crippen molar-refractivity contribution in [2.75, 3.05) is 42.9 Å². The van der Waals surface area contributed by atoms with E-state index in [1.807, 2.05) is 23.1 Å². The molecular formula is C21H24Cl2N8O. The zero-order valence-electron chi connectivity index (χ0n) is 17.5. The molecule has 3 aromatic rings. The fraction of sp³-hybridized carbons (Fsp3) is 0.429. The molecule has 2 saturated heterocycles. The molecule has 168 valence electrons. The van der Waals surface area contributed by atoms with Crippen molar-refractivity contribution in [3.8, 4) is 0 Å². The lowest BCUT2D eigenvalue weighted by Crippen LogP contribution is -2.53. The third kappa shape index (κ3) is 4.32. The SMILES string of the molecule is O=C(C1CCCN1)N1CCN(c2cc(NCc3ccc(Cl)cc3Cl)n3ncnc3n2)CC1. The van der Waals surface area contributed by atoms with Crippen molar-refractivity contribution in [3.05, 3.63) is 46.2 Å². The van der Waals surface area contributed by atoms with E-state index < -0.39 is 0 Å². The van der Waals surface area contributed by atoms with E-state index in [2.05, 4.69) is 30.6 Å². The van der Waals surface area contributed by atoms with Gasteiger partial charge in [0.15, 0.2) is 0 Å². The minimum Gasteiger partial charge on any atom is -0.366 e. The van der Waals surface area contributed by atoms with Gasteiger partial charge in [-0.25, -0.2) is 0 Å². The summed E-state index contributed by atoms with van der Waals surface area (Å²) in [6, 6.07) is 7.37. The van der Waals surface area contributed by atoms with Crippen molar-refractivity contribution in [3.63, 3.8) is 0 Å². The van der Waals surface area contributed by atoms with E-state index in [-0.39, 0.29) is 11.9 Å². The van der Waals surface area contributed by atoms with Gasteiger partial charge in [0.05, 0.1) is 6.04 Å². The fourth-order valence-corrected chi connectivity index (χ4v) is 4.69. The molecule has 32 heavy (non-hydrogen) atoms. The van der Waals surface area contributed by atoms with Crippen LogP contribution in [0.4, 0.5) is 11.6 Å². The first kappa shape index (κ1) is 21.2. The molecule has 2 aromatic heterocycles. The number of nitrogens with zero attached hydrogens (tertiary/aromatic N) is 6. The molecule has 0 bridgehead atoms. The van der Waals surface area contributed by atoms with Gasteiger partial charge in [0.2, 0.25) is 5.91 Å². The molecule has 1 amide bonds. The summed E-state index contributed by atoms with van der Waals surface area (Å²) in [6.07, 6.45) is 3.48. The average Bonchev–Trinajstić information content (AvgIpc) is 3.50. The van der Waals surface area contributed by atoms with Crippen LogP contribution in [-0.4, -0.2) is 69.2 Å². The van der Waals surface area contributed by atoms with E-state index in [9.17, 15) is 4.79 Å². The second-order valence-electron chi connectivity index (χ2n) is 8.02. The van der Waals surface area contributed by atoms with Gasteiger partial charge in [0, 0.05) is 48.8 Å². The molecule has 2 aliphatic rings. The van der Waals surface area contributed by atoms with Crippen LogP contribution in [0.15, 0.2) is 30.6 Å². The van der Waals surface area contributed by atoms with E-state index in [1.165, 1.54) is 6.33 Å². The van der Waals surface area contributed by atoms with Gasteiger partial charge in [-0.3, -0.25) is 4.79 Å². The minimum atomic E-state index is -0.0255. The lowest BCUT2D eigenvalue weighted by atomic mass is 10.2. The Labute approximate surface area is 195 Å². The van der Waals surface area contributed by atoms with Crippen LogP contribution in [0.3, 0.4) is 0 Å². The number of halogens is 2. The number of nitrogens with one attached hydrogen (secondary N) is 2. The molecule has 2 N–H and O–H groups in total. The summed E-state index contributed by atoms with van der Waals surface area (Å²) in [5, 5.41) is 12.2. The normalized spacial score (nSPS) is 19.0. The number of amides is 1. The van der Waals surface area contributed by atoms with Crippen molar-refractivity contribution in [2.45, 2.75) is 25.4 Å². The lowest BCUT2D eigenvalue weighted by molar-refractivity contribution is -0.133. The van der Waals surface area contributed by atoms with Crippen LogP contribution in [0.25, 0.3) is 5.78 Å². The Morgan fingerprint density at radius 3 is 2.78 bits per heavy atom. The molecule has 2 fully saturated rings. The standard InChI is InChI=1S/C21H24Cl2N8O/c22-15-4-3-14(16(23)10-15)12-25-18-11-19(28-21-26-13-27-31(18)21)29-6-8-30(9-7-29)20(32)17-2-1-5-24-17/h3-4,10-11,13,17,24-25H,1-2,5-9,12H2. The lowest BCUT2D eigenvalue weighted by Gasteiger charge is -2.36. The number of fused-ring (bicyclic) bond motifs is 1. The molecule has 1 atom stereocenters. The number of rotatable bonds is 5. The van der Waals surface area contributed by atoms with Crippen molar-refractivity contribution < 1.29 is 4.79 Å². The Morgan fingerprint density at radius 2 is 2.03 bits per heavy atom. The van der Waals surface area contributed by atoms with Gasteiger partial charge in [-0.05, 0) is 37.1 Å². The predicted octanol–water partition coefficient (Wildman–Crippen LogP) is 2.44. The zero-order valence-corrected chi connectivity index (χ0v) is 19.0. The number of piperazine rings is 1. The van der Waals surface area contributed by atoms with Crippen LogP contribution in [-0.2, 0) is 11.3 Å². The van der Waals surface area contributed by atoms with Crippen molar-refractivity contribution in [1.82, 2.24) is 29.8 Å². The summed E-state index contributed by atoms with van der Waals surface area (Å²) in [5.41, 5.74) is 0.926. The zero-order chi connectivity index (χ0) is 22.1. The predicted molar refractivity (Wildman–Crippen MR) is 124 cm³/mol. The molecule has 0 aliphatic carbocycles. The van der Waals surface area contributed by atoms with Crippen LogP contribution in [0.2, 0.25) is 10.0 Å². The molecule has 0 saturated carbocycles. The number of anilines is 2. The smallest absolute Gasteiger partial charge is 0.256 e. The first-order valence-electron chi connectivity index (χ1n) is 10.7. The summed E-state index contributed by atoms with van der Waals surface area (Å²) in [7, 11) is 0.